The van der Waals surface area contributed by atoms with Crippen molar-refractivity contribution in [2.45, 2.75) is 66.2 Å². The molecule has 1 aliphatic rings. The van der Waals surface area contributed by atoms with Crippen LogP contribution in [0.5, 0.6) is 23.0 Å². The zero-order chi connectivity index (χ0) is 28.6. The molecule has 0 bridgehead atoms. The second kappa shape index (κ2) is 19.0. The van der Waals surface area contributed by atoms with Gasteiger partial charge in [-0.2, -0.15) is 0 Å². The van der Waals surface area contributed by atoms with Crippen molar-refractivity contribution in [3.05, 3.63) is 59.9 Å². The van der Waals surface area contributed by atoms with Gasteiger partial charge in [0.1, 0.15) is 11.5 Å². The second-order valence-electron chi connectivity index (χ2n) is 10.0. The Labute approximate surface area is 242 Å². The largest absolute Gasteiger partial charge is 0.493 e. The van der Waals surface area contributed by atoms with Crippen molar-refractivity contribution in [2.75, 3.05) is 48.0 Å². The van der Waals surface area contributed by atoms with Gasteiger partial charge >= 0.3 is 0 Å². The van der Waals surface area contributed by atoms with E-state index in [1.165, 1.54) is 84.3 Å². The topological polar surface area (TPSA) is 69.3 Å². The van der Waals surface area contributed by atoms with Crippen LogP contribution >= 0.6 is 0 Å². The second-order valence-corrected chi connectivity index (χ2v) is 10.0. The van der Waals surface area contributed by atoms with Crippen LogP contribution in [0.2, 0.25) is 0 Å². The Hall–Kier alpha value is -3.19. The lowest BCUT2D eigenvalue weighted by Gasteiger charge is -2.21. The van der Waals surface area contributed by atoms with E-state index in [1.54, 1.807) is 19.2 Å². The van der Waals surface area contributed by atoms with Crippen LogP contribution in [0.1, 0.15) is 75.2 Å². The molecule has 0 aliphatic heterocycles. The van der Waals surface area contributed by atoms with Crippen LogP contribution in [-0.4, -0.2) is 58.8 Å². The number of unbranched alkanes of at least 4 members (excludes halogenated alkanes) is 1. The number of aryl methyl sites for hydroxylation is 1. The van der Waals surface area contributed by atoms with E-state index in [0.29, 0.717) is 28.6 Å². The minimum absolute atomic E-state index is 0. The number of nitrogens with zero attached hydrogens (tertiary/aromatic N) is 1. The van der Waals surface area contributed by atoms with Crippen LogP contribution in [0, 0.1) is 12.8 Å². The first-order valence-corrected chi connectivity index (χ1v) is 14.0. The molecule has 0 atom stereocenters. The zero-order valence-corrected chi connectivity index (χ0v) is 24.8. The first-order valence-electron chi connectivity index (χ1n) is 14.0. The van der Waals surface area contributed by atoms with Gasteiger partial charge in [0.05, 0.1) is 27.9 Å². The molecular formula is C33H52N2O5. The van der Waals surface area contributed by atoms with Crippen LogP contribution in [0.25, 0.3) is 0 Å². The average Bonchev–Trinajstić information content (AvgIpc) is 2.96. The van der Waals surface area contributed by atoms with E-state index in [2.05, 4.69) is 18.8 Å². The van der Waals surface area contributed by atoms with Crippen molar-refractivity contribution >= 4 is 5.91 Å². The lowest BCUT2D eigenvalue weighted by atomic mass is 9.89. The molecule has 2 aromatic carbocycles. The Morgan fingerprint density at radius 1 is 1.00 bits per heavy atom. The van der Waals surface area contributed by atoms with Crippen molar-refractivity contribution in [1.29, 1.82) is 0 Å². The molecule has 0 heterocycles. The van der Waals surface area contributed by atoms with Gasteiger partial charge in [0.2, 0.25) is 5.75 Å². The van der Waals surface area contributed by atoms with Gasteiger partial charge in [0.15, 0.2) is 11.5 Å². The molecule has 7 heteroatoms. The Balaban J connectivity index is 0.000000516. The van der Waals surface area contributed by atoms with Crippen molar-refractivity contribution in [3.63, 3.8) is 0 Å². The molecule has 224 valence electrons. The molecule has 1 fully saturated rings. The highest BCUT2D eigenvalue weighted by atomic mass is 16.5. The molecule has 0 spiro atoms. The van der Waals surface area contributed by atoms with Crippen molar-refractivity contribution in [1.82, 2.24) is 10.2 Å². The Morgan fingerprint density at radius 3 is 2.17 bits per heavy atom. The third-order valence-electron chi connectivity index (χ3n) is 6.88. The highest BCUT2D eigenvalue weighted by Crippen LogP contribution is 2.38. The zero-order valence-electron chi connectivity index (χ0n) is 24.8. The summed E-state index contributed by atoms with van der Waals surface area (Å²) in [5.41, 5.74) is 1.41. The minimum atomic E-state index is -0.219. The molecular weight excluding hydrogens is 504 g/mol. The average molecular weight is 557 g/mol. The van der Waals surface area contributed by atoms with Crippen LogP contribution in [0.3, 0.4) is 0 Å². The summed E-state index contributed by atoms with van der Waals surface area (Å²) in [5.74, 6) is 3.24. The third kappa shape index (κ3) is 11.1. The quantitative estimate of drug-likeness (QED) is 0.207. The van der Waals surface area contributed by atoms with Gasteiger partial charge < -0.3 is 29.2 Å². The minimum Gasteiger partial charge on any atom is -0.493 e. The van der Waals surface area contributed by atoms with Gasteiger partial charge in [-0.3, -0.25) is 4.79 Å². The van der Waals surface area contributed by atoms with Gasteiger partial charge in [-0.25, -0.2) is 0 Å². The van der Waals surface area contributed by atoms with Crippen LogP contribution < -0.4 is 24.3 Å². The van der Waals surface area contributed by atoms with E-state index in [1.807, 2.05) is 31.2 Å². The van der Waals surface area contributed by atoms with Crippen molar-refractivity contribution in [3.8, 4) is 23.0 Å². The molecule has 1 saturated carbocycles. The van der Waals surface area contributed by atoms with E-state index in [9.17, 15) is 4.79 Å². The van der Waals surface area contributed by atoms with E-state index >= 15 is 0 Å². The number of likely N-dealkylation sites (N-methyl/N-ethyl adjacent to an activating group) is 1. The number of carbonyl (C=O) groups is 1. The number of ether oxygens (including phenoxy) is 4. The molecule has 7 nitrogen and oxygen atoms in total. The van der Waals surface area contributed by atoms with Gasteiger partial charge in [0.25, 0.3) is 5.91 Å². The van der Waals surface area contributed by atoms with Gasteiger partial charge in [-0.05, 0) is 69.0 Å². The number of hydrogen-bond acceptors (Lipinski definition) is 6. The summed E-state index contributed by atoms with van der Waals surface area (Å²) in [4.78, 5) is 14.3. The maximum atomic E-state index is 12.8. The maximum Gasteiger partial charge on any atom is 0.254 e. The Kier molecular flexibility index (Phi) is 16.5. The molecule has 0 aromatic heterocycles. The number of methoxy groups -OCH3 is 3. The smallest absolute Gasteiger partial charge is 0.254 e. The SMILES string of the molecule is C.C=C(CN(C)C(=O)c1cc(OC)c(OC)c(OC)c1)Oc1ccccc1C.CCCCNCC1CCCCC1. The number of carbonyl (C=O) groups excluding carboxylic acids is 1. The molecule has 0 radical (unpaired) electrons. The fraction of sp³-hybridized carbons (Fsp3) is 0.545. The molecule has 0 unspecified atom stereocenters. The molecule has 1 amide bonds. The van der Waals surface area contributed by atoms with Gasteiger partial charge in [0, 0.05) is 12.6 Å². The summed E-state index contributed by atoms with van der Waals surface area (Å²) < 4.78 is 21.7. The predicted octanol–water partition coefficient (Wildman–Crippen LogP) is 7.28. The predicted molar refractivity (Wildman–Crippen MR) is 165 cm³/mol. The normalized spacial score (nSPS) is 12.8. The highest BCUT2D eigenvalue weighted by molar-refractivity contribution is 5.95. The Morgan fingerprint density at radius 2 is 1.62 bits per heavy atom. The monoisotopic (exact) mass is 556 g/mol. The summed E-state index contributed by atoms with van der Waals surface area (Å²) in [7, 11) is 6.21. The number of rotatable bonds is 13. The first kappa shape index (κ1) is 34.8. The summed E-state index contributed by atoms with van der Waals surface area (Å²) >= 11 is 0. The van der Waals surface area contributed by atoms with E-state index in [4.69, 9.17) is 18.9 Å². The van der Waals surface area contributed by atoms with Crippen LogP contribution in [0.15, 0.2) is 48.7 Å². The van der Waals surface area contributed by atoms with E-state index < -0.39 is 0 Å². The fourth-order valence-corrected chi connectivity index (χ4v) is 4.62. The van der Waals surface area contributed by atoms with Gasteiger partial charge in [-0.1, -0.05) is 64.8 Å². The summed E-state index contributed by atoms with van der Waals surface area (Å²) in [5, 5.41) is 3.56. The van der Waals surface area contributed by atoms with E-state index in [0.717, 1.165) is 17.2 Å². The molecule has 2 aromatic rings. The van der Waals surface area contributed by atoms with Crippen molar-refractivity contribution in [2.24, 2.45) is 5.92 Å². The number of benzene rings is 2. The number of para-hydroxylation sites is 1. The number of amides is 1. The fourth-order valence-electron chi connectivity index (χ4n) is 4.62. The third-order valence-corrected chi connectivity index (χ3v) is 6.88. The van der Waals surface area contributed by atoms with Crippen LogP contribution in [-0.2, 0) is 0 Å². The lowest BCUT2D eigenvalue weighted by Crippen LogP contribution is -2.29. The Bertz CT molecular complexity index is 1010. The molecule has 1 aliphatic carbocycles. The molecule has 0 saturated heterocycles. The van der Waals surface area contributed by atoms with Gasteiger partial charge in [-0.15, -0.1) is 0 Å². The number of nitrogens with one attached hydrogen (secondary N) is 1. The van der Waals surface area contributed by atoms with Crippen LogP contribution in [0.4, 0.5) is 0 Å². The lowest BCUT2D eigenvalue weighted by molar-refractivity contribution is 0.0794. The molecule has 3 rings (SSSR count). The maximum absolute atomic E-state index is 12.8. The highest BCUT2D eigenvalue weighted by Gasteiger charge is 2.20. The summed E-state index contributed by atoms with van der Waals surface area (Å²) in [6, 6.07) is 10.9. The standard InChI is InChI=1S/C21H25NO5.C11H23N.CH4/c1-14-9-7-8-10-17(14)27-15(2)13-22(3)21(23)16-11-18(24-4)20(26-6)19(12-16)25-5;1-2-3-9-12-10-11-7-5-4-6-8-11;/h7-12H,2,13H2,1,3-6H3;11-12H,2-10H2,1H3;1H4. The van der Waals surface area contributed by atoms with E-state index in [-0.39, 0.29) is 19.9 Å². The first-order chi connectivity index (χ1) is 18.8. The summed E-state index contributed by atoms with van der Waals surface area (Å²) in [6.45, 7) is 10.9. The molecule has 40 heavy (non-hydrogen) atoms. The number of hydrogen-bond donors (Lipinski definition) is 1. The summed E-state index contributed by atoms with van der Waals surface area (Å²) in [6.07, 6.45) is 10.0. The van der Waals surface area contributed by atoms with Crippen molar-refractivity contribution < 1.29 is 23.7 Å². The molecule has 1 N–H and O–H groups in total.